The van der Waals surface area contributed by atoms with Gasteiger partial charge in [0.1, 0.15) is 0 Å². The Bertz CT molecular complexity index is 686. The van der Waals surface area contributed by atoms with Crippen LogP contribution < -0.4 is 4.72 Å². The van der Waals surface area contributed by atoms with E-state index in [1.54, 1.807) is 12.1 Å². The number of sulfonamides is 1. The highest BCUT2D eigenvalue weighted by Gasteiger charge is 2.16. The van der Waals surface area contributed by atoms with Gasteiger partial charge in [0.15, 0.2) is 0 Å². The van der Waals surface area contributed by atoms with Gasteiger partial charge in [-0.05, 0) is 56.7 Å². The fourth-order valence-corrected chi connectivity index (χ4v) is 3.20. The van der Waals surface area contributed by atoms with E-state index >= 15 is 0 Å². The second-order valence-corrected chi connectivity index (χ2v) is 9.26. The summed E-state index contributed by atoms with van der Waals surface area (Å²) < 4.78 is 27.3. The summed E-state index contributed by atoms with van der Waals surface area (Å²) in [6, 6.07) is 7.12. The Morgan fingerprint density at radius 2 is 1.62 bits per heavy atom. The molecule has 0 unspecified atom stereocenters. The molecule has 0 heterocycles. The molecule has 1 N–H and O–H groups in total. The standard InChI is InChI=1S/C20H31NO2S/c1-16(2)8-7-9-17(3)14-15-21-24(22,23)19-12-10-18(11-13-19)20(4,5)6/h8,10-14,21H,7,9,15H2,1-6H3/b17-14+. The molecule has 0 saturated heterocycles. The minimum Gasteiger partial charge on any atom is -0.207 e. The van der Waals surface area contributed by atoms with Crippen LogP contribution in [0.1, 0.15) is 59.9 Å². The maximum absolute atomic E-state index is 12.3. The first-order valence-corrected chi connectivity index (χ1v) is 9.90. The third-order valence-electron chi connectivity index (χ3n) is 3.85. The molecule has 0 radical (unpaired) electrons. The van der Waals surface area contributed by atoms with Crippen LogP contribution in [0.5, 0.6) is 0 Å². The van der Waals surface area contributed by atoms with E-state index in [-0.39, 0.29) is 5.41 Å². The third-order valence-corrected chi connectivity index (χ3v) is 5.29. The molecule has 1 aromatic rings. The second kappa shape index (κ2) is 8.63. The summed E-state index contributed by atoms with van der Waals surface area (Å²) in [5.74, 6) is 0. The van der Waals surface area contributed by atoms with Crippen LogP contribution in [0.3, 0.4) is 0 Å². The van der Waals surface area contributed by atoms with E-state index in [2.05, 4.69) is 45.4 Å². The van der Waals surface area contributed by atoms with Gasteiger partial charge in [-0.25, -0.2) is 13.1 Å². The fraction of sp³-hybridized carbons (Fsp3) is 0.500. The van der Waals surface area contributed by atoms with E-state index in [0.29, 0.717) is 11.4 Å². The summed E-state index contributed by atoms with van der Waals surface area (Å²) in [6.07, 6.45) is 6.08. The minimum atomic E-state index is -3.46. The van der Waals surface area contributed by atoms with Gasteiger partial charge in [-0.1, -0.05) is 56.2 Å². The Morgan fingerprint density at radius 1 is 1.04 bits per heavy atom. The molecule has 0 aliphatic heterocycles. The quantitative estimate of drug-likeness (QED) is 0.708. The molecule has 0 fully saturated rings. The molecule has 0 spiro atoms. The van der Waals surface area contributed by atoms with Crippen molar-refractivity contribution in [3.05, 3.63) is 53.1 Å². The van der Waals surface area contributed by atoms with Crippen molar-refractivity contribution in [1.82, 2.24) is 4.72 Å². The van der Waals surface area contributed by atoms with Crippen LogP contribution in [-0.2, 0) is 15.4 Å². The van der Waals surface area contributed by atoms with Gasteiger partial charge in [-0.2, -0.15) is 0 Å². The maximum atomic E-state index is 12.3. The zero-order valence-corrected chi connectivity index (χ0v) is 16.6. The molecule has 4 heteroatoms. The number of benzene rings is 1. The average Bonchev–Trinajstić information content (AvgIpc) is 2.46. The fourth-order valence-electron chi connectivity index (χ4n) is 2.23. The highest BCUT2D eigenvalue weighted by Crippen LogP contribution is 2.23. The number of nitrogens with one attached hydrogen (secondary N) is 1. The largest absolute Gasteiger partial charge is 0.240 e. The molecular formula is C20H31NO2S. The van der Waals surface area contributed by atoms with Gasteiger partial charge in [0.25, 0.3) is 0 Å². The Balaban J connectivity index is 2.65. The topological polar surface area (TPSA) is 46.2 Å². The van der Waals surface area contributed by atoms with Crippen LogP contribution in [0.25, 0.3) is 0 Å². The summed E-state index contributed by atoms with van der Waals surface area (Å²) in [7, 11) is -3.46. The van der Waals surface area contributed by atoms with Crippen molar-refractivity contribution in [2.75, 3.05) is 6.54 Å². The predicted octanol–water partition coefficient (Wildman–Crippen LogP) is 4.96. The van der Waals surface area contributed by atoms with E-state index in [9.17, 15) is 8.42 Å². The lowest BCUT2D eigenvalue weighted by Crippen LogP contribution is -2.24. The molecule has 3 nitrogen and oxygen atoms in total. The first kappa shape index (κ1) is 20.7. The van der Waals surface area contributed by atoms with Crippen LogP contribution in [0.15, 0.2) is 52.5 Å². The van der Waals surface area contributed by atoms with E-state index in [0.717, 1.165) is 18.4 Å². The minimum absolute atomic E-state index is 0.0147. The van der Waals surface area contributed by atoms with Gasteiger partial charge in [-0.3, -0.25) is 0 Å². The number of hydrogen-bond acceptors (Lipinski definition) is 2. The average molecular weight is 350 g/mol. The van der Waals surface area contributed by atoms with Crippen molar-refractivity contribution >= 4 is 10.0 Å². The number of allylic oxidation sites excluding steroid dienone is 3. The highest BCUT2D eigenvalue weighted by molar-refractivity contribution is 7.89. The summed E-state index contributed by atoms with van der Waals surface area (Å²) >= 11 is 0. The summed E-state index contributed by atoms with van der Waals surface area (Å²) in [5.41, 5.74) is 3.64. The lowest BCUT2D eigenvalue weighted by molar-refractivity contribution is 0.581. The highest BCUT2D eigenvalue weighted by atomic mass is 32.2. The van der Waals surface area contributed by atoms with Gasteiger partial charge < -0.3 is 0 Å². The zero-order chi connectivity index (χ0) is 18.4. The molecule has 0 aromatic heterocycles. The van der Waals surface area contributed by atoms with Crippen molar-refractivity contribution < 1.29 is 8.42 Å². The van der Waals surface area contributed by atoms with E-state index in [4.69, 9.17) is 0 Å². The molecule has 1 rings (SSSR count). The molecule has 0 bridgehead atoms. The van der Waals surface area contributed by atoms with Gasteiger partial charge in [0.2, 0.25) is 10.0 Å². The predicted molar refractivity (Wildman–Crippen MR) is 103 cm³/mol. The SMILES string of the molecule is CC(C)=CCC/C(C)=C/CNS(=O)(=O)c1ccc(C(C)(C)C)cc1. The molecule has 0 aliphatic carbocycles. The van der Waals surface area contributed by atoms with Gasteiger partial charge >= 0.3 is 0 Å². The van der Waals surface area contributed by atoms with Crippen molar-refractivity contribution in [1.29, 1.82) is 0 Å². The van der Waals surface area contributed by atoms with Crippen LogP contribution >= 0.6 is 0 Å². The first-order valence-electron chi connectivity index (χ1n) is 8.41. The van der Waals surface area contributed by atoms with Crippen molar-refractivity contribution in [3.8, 4) is 0 Å². The molecule has 0 amide bonds. The lowest BCUT2D eigenvalue weighted by Gasteiger charge is -2.19. The third kappa shape index (κ3) is 7.02. The molecule has 24 heavy (non-hydrogen) atoms. The van der Waals surface area contributed by atoms with Crippen LogP contribution in [-0.4, -0.2) is 15.0 Å². The van der Waals surface area contributed by atoms with Crippen molar-refractivity contribution in [3.63, 3.8) is 0 Å². The molecule has 0 atom stereocenters. The van der Waals surface area contributed by atoms with E-state index < -0.39 is 10.0 Å². The zero-order valence-electron chi connectivity index (χ0n) is 15.8. The lowest BCUT2D eigenvalue weighted by atomic mass is 9.87. The summed E-state index contributed by atoms with van der Waals surface area (Å²) in [4.78, 5) is 0.311. The second-order valence-electron chi connectivity index (χ2n) is 7.50. The van der Waals surface area contributed by atoms with Crippen molar-refractivity contribution in [2.24, 2.45) is 0 Å². The summed E-state index contributed by atoms with van der Waals surface area (Å²) in [6.45, 7) is 12.8. The smallest absolute Gasteiger partial charge is 0.207 e. The normalized spacial score (nSPS) is 13.0. The van der Waals surface area contributed by atoms with E-state index in [1.807, 2.05) is 25.1 Å². The molecule has 1 aromatic carbocycles. The van der Waals surface area contributed by atoms with Crippen LogP contribution in [0.2, 0.25) is 0 Å². The Morgan fingerprint density at radius 3 is 2.12 bits per heavy atom. The van der Waals surface area contributed by atoms with Gasteiger partial charge in [0, 0.05) is 6.54 Å². The Labute approximate surface area is 147 Å². The van der Waals surface area contributed by atoms with Crippen LogP contribution in [0.4, 0.5) is 0 Å². The number of hydrogen-bond donors (Lipinski definition) is 1. The Hall–Kier alpha value is -1.39. The maximum Gasteiger partial charge on any atom is 0.240 e. The van der Waals surface area contributed by atoms with Gasteiger partial charge in [-0.15, -0.1) is 0 Å². The van der Waals surface area contributed by atoms with Gasteiger partial charge in [0.05, 0.1) is 4.90 Å². The number of rotatable bonds is 7. The molecule has 134 valence electrons. The van der Waals surface area contributed by atoms with E-state index in [1.165, 1.54) is 11.1 Å². The van der Waals surface area contributed by atoms with Crippen molar-refractivity contribution in [2.45, 2.75) is 64.7 Å². The first-order chi connectivity index (χ1) is 11.0. The molecular weight excluding hydrogens is 318 g/mol. The molecule has 0 aliphatic rings. The monoisotopic (exact) mass is 349 g/mol. The molecule has 0 saturated carbocycles. The van der Waals surface area contributed by atoms with Crippen LogP contribution in [0, 0.1) is 0 Å². The Kier molecular flexibility index (Phi) is 7.43. The summed E-state index contributed by atoms with van der Waals surface area (Å²) in [5, 5.41) is 0.